The molecule has 1 fully saturated rings. The Kier molecular flexibility index (Phi) is 6.77. The van der Waals surface area contributed by atoms with Gasteiger partial charge in [0.25, 0.3) is 11.8 Å². The molecule has 2 aliphatic rings. The van der Waals surface area contributed by atoms with Crippen LogP contribution in [-0.4, -0.2) is 77.5 Å². The number of hydrogen-bond acceptors (Lipinski definition) is 6. The van der Waals surface area contributed by atoms with E-state index in [1.54, 1.807) is 28.0 Å². The summed E-state index contributed by atoms with van der Waals surface area (Å²) in [6, 6.07) is 13.5. The van der Waals surface area contributed by atoms with Gasteiger partial charge in [-0.05, 0) is 38.8 Å². The van der Waals surface area contributed by atoms with Crippen LogP contribution in [0.5, 0.6) is 5.88 Å². The van der Waals surface area contributed by atoms with E-state index in [4.69, 9.17) is 4.74 Å². The number of amides is 2. The van der Waals surface area contributed by atoms with Crippen molar-refractivity contribution in [3.63, 3.8) is 0 Å². The zero-order valence-corrected chi connectivity index (χ0v) is 20.2. The van der Waals surface area contributed by atoms with Gasteiger partial charge in [-0.15, -0.1) is 0 Å². The second-order valence-electron chi connectivity index (χ2n) is 9.35. The Hall–Kier alpha value is -3.55. The average molecular weight is 462 g/mol. The summed E-state index contributed by atoms with van der Waals surface area (Å²) in [6.07, 6.45) is 2.66. The van der Waals surface area contributed by atoms with Crippen LogP contribution in [0.25, 0.3) is 0 Å². The molecule has 1 atom stereocenters. The molecule has 1 aromatic carbocycles. The molecule has 2 aromatic rings. The van der Waals surface area contributed by atoms with E-state index < -0.39 is 5.54 Å². The van der Waals surface area contributed by atoms with E-state index in [9.17, 15) is 9.59 Å². The highest BCUT2D eigenvalue weighted by molar-refractivity contribution is 6.39. The summed E-state index contributed by atoms with van der Waals surface area (Å²) >= 11 is 0. The zero-order valence-electron chi connectivity index (χ0n) is 20.2. The molecule has 0 spiro atoms. The molecule has 0 saturated carbocycles. The average Bonchev–Trinajstić information content (AvgIpc) is 3.09. The lowest BCUT2D eigenvalue weighted by Gasteiger charge is -2.46. The van der Waals surface area contributed by atoms with Gasteiger partial charge in [0.1, 0.15) is 5.69 Å². The minimum atomic E-state index is -0.579. The number of hydrogen-bond donors (Lipinski definition) is 0. The fourth-order valence-corrected chi connectivity index (χ4v) is 4.50. The Labute approximate surface area is 200 Å². The van der Waals surface area contributed by atoms with Crippen molar-refractivity contribution in [2.75, 3.05) is 33.3 Å². The summed E-state index contributed by atoms with van der Waals surface area (Å²) in [4.78, 5) is 43.2. The van der Waals surface area contributed by atoms with E-state index in [2.05, 4.69) is 40.1 Å². The highest BCUT2D eigenvalue weighted by atomic mass is 16.5. The van der Waals surface area contributed by atoms with Gasteiger partial charge in [0.15, 0.2) is 0 Å². The van der Waals surface area contributed by atoms with Crippen LogP contribution in [0, 0.1) is 6.92 Å². The number of pyridine rings is 1. The van der Waals surface area contributed by atoms with Crippen molar-refractivity contribution in [1.82, 2.24) is 14.8 Å². The highest BCUT2D eigenvalue weighted by Gasteiger charge is 2.40. The Balaban J connectivity index is 1.45. The monoisotopic (exact) mass is 461 g/mol. The van der Waals surface area contributed by atoms with Crippen molar-refractivity contribution < 1.29 is 14.3 Å². The molecule has 0 radical (unpaired) electrons. The number of aryl methyl sites for hydroxylation is 1. The number of aromatic nitrogens is 1. The van der Waals surface area contributed by atoms with Crippen LogP contribution in [0.1, 0.15) is 47.8 Å². The van der Waals surface area contributed by atoms with Gasteiger partial charge in [0.2, 0.25) is 11.7 Å². The SMILES string of the molecule is COc1cccc(C(=O)N2CCN(C(=O)C3=NCCC(c4cccc(C)c4)C=N3)C(C)(C)C2)n1. The number of benzene rings is 1. The maximum atomic E-state index is 13.4. The number of ether oxygens (including phenoxy) is 1. The molecule has 3 heterocycles. The Morgan fingerprint density at radius 3 is 2.62 bits per heavy atom. The number of piperazine rings is 1. The quantitative estimate of drug-likeness (QED) is 0.700. The Morgan fingerprint density at radius 1 is 1.09 bits per heavy atom. The smallest absolute Gasteiger partial charge is 0.291 e. The summed E-state index contributed by atoms with van der Waals surface area (Å²) in [7, 11) is 1.52. The molecular formula is C26H31N5O3. The van der Waals surface area contributed by atoms with Gasteiger partial charge < -0.3 is 14.5 Å². The lowest BCUT2D eigenvalue weighted by molar-refractivity contribution is -0.132. The standard InChI is InChI=1S/C26H31N5O3/c1-18-7-5-8-19(15-18)20-11-12-27-23(28-16-20)25(33)31-14-13-30(17-26(31,2)3)24(32)21-9-6-10-22(29-21)34-4/h5-10,15-16,20H,11-14,17H2,1-4H3. The minimum absolute atomic E-state index is 0.131. The predicted octanol–water partition coefficient (Wildman–Crippen LogP) is 3.12. The highest BCUT2D eigenvalue weighted by Crippen LogP contribution is 2.25. The molecule has 2 amide bonds. The van der Waals surface area contributed by atoms with E-state index in [1.807, 2.05) is 26.1 Å². The van der Waals surface area contributed by atoms with Crippen molar-refractivity contribution in [2.24, 2.45) is 9.98 Å². The van der Waals surface area contributed by atoms with Gasteiger partial charge in [-0.3, -0.25) is 14.6 Å². The summed E-state index contributed by atoms with van der Waals surface area (Å²) in [5.41, 5.74) is 2.14. The fraction of sp³-hybridized carbons (Fsp3) is 0.423. The third-order valence-corrected chi connectivity index (χ3v) is 6.33. The first kappa shape index (κ1) is 23.6. The van der Waals surface area contributed by atoms with Gasteiger partial charge in [-0.2, -0.15) is 0 Å². The second-order valence-corrected chi connectivity index (χ2v) is 9.35. The summed E-state index contributed by atoms with van der Waals surface area (Å²) < 4.78 is 5.14. The van der Waals surface area contributed by atoms with Crippen LogP contribution in [-0.2, 0) is 4.79 Å². The number of amidine groups is 1. The van der Waals surface area contributed by atoms with Crippen LogP contribution in [0.15, 0.2) is 52.4 Å². The van der Waals surface area contributed by atoms with Gasteiger partial charge in [0, 0.05) is 44.4 Å². The first-order chi connectivity index (χ1) is 16.3. The lowest BCUT2D eigenvalue weighted by atomic mass is 9.96. The number of rotatable bonds is 4. The Bertz CT molecular complexity index is 1140. The van der Waals surface area contributed by atoms with Crippen molar-refractivity contribution in [1.29, 1.82) is 0 Å². The van der Waals surface area contributed by atoms with Gasteiger partial charge in [0.05, 0.1) is 12.6 Å². The molecule has 1 unspecified atom stereocenters. The molecule has 178 valence electrons. The van der Waals surface area contributed by atoms with Crippen molar-refractivity contribution in [2.45, 2.75) is 38.6 Å². The van der Waals surface area contributed by atoms with Gasteiger partial charge >= 0.3 is 0 Å². The zero-order chi connectivity index (χ0) is 24.3. The molecule has 1 aromatic heterocycles. The normalized spacial score (nSPS) is 19.9. The largest absolute Gasteiger partial charge is 0.481 e. The third kappa shape index (κ3) is 5.00. The molecule has 2 aliphatic heterocycles. The maximum absolute atomic E-state index is 13.4. The van der Waals surface area contributed by atoms with Gasteiger partial charge in [-0.25, -0.2) is 9.98 Å². The van der Waals surface area contributed by atoms with Crippen LogP contribution >= 0.6 is 0 Å². The number of nitrogens with zero attached hydrogens (tertiary/aromatic N) is 5. The molecule has 8 nitrogen and oxygen atoms in total. The van der Waals surface area contributed by atoms with E-state index in [0.29, 0.717) is 37.8 Å². The van der Waals surface area contributed by atoms with E-state index in [1.165, 1.54) is 18.2 Å². The summed E-state index contributed by atoms with van der Waals surface area (Å²) in [5.74, 6) is 0.388. The van der Waals surface area contributed by atoms with Crippen LogP contribution in [0.2, 0.25) is 0 Å². The van der Waals surface area contributed by atoms with Gasteiger partial charge in [-0.1, -0.05) is 35.9 Å². The molecule has 4 rings (SSSR count). The second kappa shape index (κ2) is 9.75. The van der Waals surface area contributed by atoms with E-state index in [-0.39, 0.29) is 23.6 Å². The summed E-state index contributed by atoms with van der Waals surface area (Å²) in [5, 5.41) is 0. The molecule has 0 N–H and O–H groups in total. The number of methoxy groups -OCH3 is 1. The first-order valence-electron chi connectivity index (χ1n) is 11.6. The Morgan fingerprint density at radius 2 is 1.88 bits per heavy atom. The molecule has 1 saturated heterocycles. The van der Waals surface area contributed by atoms with Crippen LogP contribution in [0.3, 0.4) is 0 Å². The maximum Gasteiger partial charge on any atom is 0.291 e. The van der Waals surface area contributed by atoms with Crippen molar-refractivity contribution in [3.8, 4) is 5.88 Å². The lowest BCUT2D eigenvalue weighted by Crippen LogP contribution is -2.63. The number of carbonyl (C=O) groups is 2. The molecule has 0 aliphatic carbocycles. The van der Waals surface area contributed by atoms with Crippen LogP contribution in [0.4, 0.5) is 0 Å². The van der Waals surface area contributed by atoms with Crippen molar-refractivity contribution >= 4 is 23.9 Å². The van der Waals surface area contributed by atoms with Crippen molar-refractivity contribution in [3.05, 3.63) is 59.3 Å². The molecule has 8 heteroatoms. The summed E-state index contributed by atoms with van der Waals surface area (Å²) in [6.45, 7) is 7.73. The number of carbonyl (C=O) groups excluding carboxylic acids is 2. The molecule has 34 heavy (non-hydrogen) atoms. The van der Waals surface area contributed by atoms with E-state index in [0.717, 1.165) is 6.42 Å². The van der Waals surface area contributed by atoms with Crippen LogP contribution < -0.4 is 4.74 Å². The van der Waals surface area contributed by atoms with E-state index >= 15 is 0 Å². The topological polar surface area (TPSA) is 87.5 Å². The predicted molar refractivity (Wildman–Crippen MR) is 132 cm³/mol. The third-order valence-electron chi connectivity index (χ3n) is 6.33. The number of aliphatic imine (C=N–C) groups is 2. The minimum Gasteiger partial charge on any atom is -0.481 e. The first-order valence-corrected chi connectivity index (χ1v) is 11.6. The molecule has 0 bridgehead atoms. The molecular weight excluding hydrogens is 430 g/mol. The fourth-order valence-electron chi connectivity index (χ4n) is 4.50.